The van der Waals surface area contributed by atoms with Crippen LogP contribution in [0.25, 0.3) is 0 Å². The zero-order chi connectivity index (χ0) is 27.1. The molecule has 0 aromatic heterocycles. The number of carbonyl (C=O) groups is 4. The number of carboxylic acids is 1. The van der Waals surface area contributed by atoms with Crippen LogP contribution < -0.4 is 5.32 Å². The maximum Gasteiger partial charge on any atom is 0.336 e. The summed E-state index contributed by atoms with van der Waals surface area (Å²) in [6.45, 7) is 2.08. The summed E-state index contributed by atoms with van der Waals surface area (Å²) in [6, 6.07) is 21.0. The normalized spacial score (nSPS) is 20.7. The van der Waals surface area contributed by atoms with Crippen LogP contribution in [0.1, 0.15) is 67.0 Å². The van der Waals surface area contributed by atoms with Gasteiger partial charge in [-0.05, 0) is 48.2 Å². The summed E-state index contributed by atoms with van der Waals surface area (Å²) >= 11 is 0. The molecule has 2 fully saturated rings. The van der Waals surface area contributed by atoms with Gasteiger partial charge in [-0.25, -0.2) is 4.79 Å². The Kier molecular flexibility index (Phi) is 6.38. The highest BCUT2D eigenvalue weighted by Crippen LogP contribution is 2.43. The Hall–Kier alpha value is -4.46. The number of hydrogen-bond acceptors (Lipinski definition) is 5. The van der Waals surface area contributed by atoms with E-state index in [2.05, 4.69) is 5.32 Å². The van der Waals surface area contributed by atoms with Gasteiger partial charge in [-0.3, -0.25) is 14.4 Å². The van der Waals surface area contributed by atoms with E-state index in [0.29, 0.717) is 43.0 Å². The van der Waals surface area contributed by atoms with Crippen molar-refractivity contribution in [3.63, 3.8) is 0 Å². The number of carbonyl (C=O) groups excluding carboxylic acids is 3. The highest BCUT2D eigenvalue weighted by molar-refractivity contribution is 6.14. The van der Waals surface area contributed by atoms with Gasteiger partial charge in [0.25, 0.3) is 5.91 Å². The van der Waals surface area contributed by atoms with Gasteiger partial charge in [0.15, 0.2) is 5.78 Å². The van der Waals surface area contributed by atoms with Gasteiger partial charge in [0.2, 0.25) is 5.91 Å². The smallest absolute Gasteiger partial charge is 0.336 e. The van der Waals surface area contributed by atoms with Crippen molar-refractivity contribution < 1.29 is 24.3 Å². The minimum absolute atomic E-state index is 0.0346. The molecule has 39 heavy (non-hydrogen) atoms. The number of piperazine rings is 1. The number of anilines is 1. The molecule has 0 spiro atoms. The molecule has 2 N–H and O–H groups in total. The Labute approximate surface area is 226 Å². The van der Waals surface area contributed by atoms with E-state index in [1.54, 1.807) is 41.3 Å². The third-order valence-corrected chi connectivity index (χ3v) is 7.95. The van der Waals surface area contributed by atoms with Crippen molar-refractivity contribution in [1.82, 2.24) is 9.80 Å². The van der Waals surface area contributed by atoms with E-state index < -0.39 is 17.9 Å². The Morgan fingerprint density at radius 3 is 2.08 bits per heavy atom. The van der Waals surface area contributed by atoms with Crippen LogP contribution in [0.2, 0.25) is 0 Å². The van der Waals surface area contributed by atoms with Crippen LogP contribution in [0.5, 0.6) is 0 Å². The van der Waals surface area contributed by atoms with E-state index in [1.807, 2.05) is 35.2 Å². The molecular weight excluding hydrogens is 494 g/mol. The van der Waals surface area contributed by atoms with Crippen molar-refractivity contribution in [2.24, 2.45) is 5.92 Å². The number of benzene rings is 3. The van der Waals surface area contributed by atoms with Crippen LogP contribution in [0.3, 0.4) is 0 Å². The monoisotopic (exact) mass is 523 g/mol. The number of amides is 2. The number of hydrogen-bond donors (Lipinski definition) is 2. The first kappa shape index (κ1) is 24.9. The summed E-state index contributed by atoms with van der Waals surface area (Å²) in [5, 5.41) is 13.2. The van der Waals surface area contributed by atoms with Crippen molar-refractivity contribution in [3.05, 3.63) is 101 Å². The molecule has 8 heteroatoms. The Bertz CT molecular complexity index is 1440. The molecule has 0 radical (unpaired) electrons. The fourth-order valence-electron chi connectivity index (χ4n) is 5.69. The lowest BCUT2D eigenvalue weighted by molar-refractivity contribution is -0.134. The molecular formula is C31H29N3O5. The lowest BCUT2D eigenvalue weighted by atomic mass is 9.77. The maximum atomic E-state index is 13.9. The molecule has 1 saturated heterocycles. The molecule has 1 aliphatic carbocycles. The molecule has 3 aromatic rings. The molecule has 0 bridgehead atoms. The zero-order valence-electron chi connectivity index (χ0n) is 21.4. The first-order valence-electron chi connectivity index (χ1n) is 13.3. The average Bonchev–Trinajstić information content (AvgIpc) is 3.82. The second kappa shape index (κ2) is 10.0. The minimum atomic E-state index is -1.15. The van der Waals surface area contributed by atoms with Gasteiger partial charge in [-0.15, -0.1) is 0 Å². The molecule has 1 saturated carbocycles. The Morgan fingerprint density at radius 2 is 1.44 bits per heavy atom. The van der Waals surface area contributed by atoms with E-state index in [0.717, 1.165) is 18.4 Å². The van der Waals surface area contributed by atoms with E-state index in [9.17, 15) is 24.3 Å². The Balaban J connectivity index is 1.26. The average molecular weight is 524 g/mol. The SMILES string of the molecule is O=C(O)c1cccc2c1C(=O)C(c1ccc(C(=O)N3CCN(C(=O)C4CC4)CC3)cc1)C(c1ccccc1)N2. The standard InChI is InChI=1S/C31H29N3O5/c35-28-25(27(20-5-2-1-3-6-20)32-24-8-4-7-23(26(24)28)31(38)39)19-9-11-21(12-10-19)29(36)33-15-17-34(18-16-33)30(37)22-13-14-22/h1-12,22,25,27,32H,13-18H2,(H,38,39). The molecule has 3 aliphatic rings. The van der Waals surface area contributed by atoms with Crippen LogP contribution >= 0.6 is 0 Å². The molecule has 2 heterocycles. The second-order valence-electron chi connectivity index (χ2n) is 10.4. The number of nitrogens with one attached hydrogen (secondary N) is 1. The van der Waals surface area contributed by atoms with Crippen LogP contribution in [0.15, 0.2) is 72.8 Å². The van der Waals surface area contributed by atoms with Crippen molar-refractivity contribution >= 4 is 29.3 Å². The molecule has 2 unspecified atom stereocenters. The lowest BCUT2D eigenvalue weighted by Crippen LogP contribution is -2.51. The molecule has 198 valence electrons. The lowest BCUT2D eigenvalue weighted by Gasteiger charge is -2.35. The summed E-state index contributed by atoms with van der Waals surface area (Å²) in [5.74, 6) is -1.83. The topological polar surface area (TPSA) is 107 Å². The van der Waals surface area contributed by atoms with Gasteiger partial charge in [0, 0.05) is 43.3 Å². The first-order valence-corrected chi connectivity index (χ1v) is 13.3. The van der Waals surface area contributed by atoms with E-state index in [-0.39, 0.29) is 34.6 Å². The molecule has 6 rings (SSSR count). The largest absolute Gasteiger partial charge is 0.478 e. The van der Waals surface area contributed by atoms with Gasteiger partial charge < -0.3 is 20.2 Å². The van der Waals surface area contributed by atoms with Crippen LogP contribution in [-0.2, 0) is 4.79 Å². The number of carboxylic acid groups (broad SMARTS) is 1. The summed E-state index contributed by atoms with van der Waals surface area (Å²) < 4.78 is 0. The van der Waals surface area contributed by atoms with Crippen molar-refractivity contribution in [1.29, 1.82) is 0 Å². The van der Waals surface area contributed by atoms with E-state index in [4.69, 9.17) is 0 Å². The fourth-order valence-corrected chi connectivity index (χ4v) is 5.69. The number of ketones is 1. The van der Waals surface area contributed by atoms with Gasteiger partial charge >= 0.3 is 5.97 Å². The highest BCUT2D eigenvalue weighted by Gasteiger charge is 2.40. The molecule has 2 amide bonds. The number of fused-ring (bicyclic) bond motifs is 1. The predicted octanol–water partition coefficient (Wildman–Crippen LogP) is 4.21. The fraction of sp³-hybridized carbons (Fsp3) is 0.290. The predicted molar refractivity (Wildman–Crippen MR) is 145 cm³/mol. The van der Waals surface area contributed by atoms with E-state index >= 15 is 0 Å². The Morgan fingerprint density at radius 1 is 0.769 bits per heavy atom. The van der Waals surface area contributed by atoms with Gasteiger partial charge in [-0.2, -0.15) is 0 Å². The summed E-state index contributed by atoms with van der Waals surface area (Å²) in [7, 11) is 0. The number of Topliss-reactive ketones (excluding diaryl/α,β-unsaturated/α-hetero) is 1. The number of aromatic carboxylic acids is 1. The number of nitrogens with zero attached hydrogens (tertiary/aromatic N) is 2. The molecule has 8 nitrogen and oxygen atoms in total. The summed E-state index contributed by atoms with van der Waals surface area (Å²) in [6.07, 6.45) is 1.94. The van der Waals surface area contributed by atoms with Gasteiger partial charge in [0.05, 0.1) is 23.1 Å². The van der Waals surface area contributed by atoms with Crippen LogP contribution in [0.4, 0.5) is 5.69 Å². The molecule has 3 aromatic carbocycles. The van der Waals surface area contributed by atoms with Crippen molar-refractivity contribution in [2.75, 3.05) is 31.5 Å². The van der Waals surface area contributed by atoms with Crippen molar-refractivity contribution in [3.8, 4) is 0 Å². The third-order valence-electron chi connectivity index (χ3n) is 7.95. The maximum absolute atomic E-state index is 13.9. The second-order valence-corrected chi connectivity index (χ2v) is 10.4. The van der Waals surface area contributed by atoms with Crippen molar-refractivity contribution in [2.45, 2.75) is 24.8 Å². The molecule has 2 atom stereocenters. The minimum Gasteiger partial charge on any atom is -0.478 e. The molecule has 2 aliphatic heterocycles. The summed E-state index contributed by atoms with van der Waals surface area (Å²) in [4.78, 5) is 55.0. The third kappa shape index (κ3) is 4.67. The quantitative estimate of drug-likeness (QED) is 0.519. The zero-order valence-corrected chi connectivity index (χ0v) is 21.4. The van der Waals surface area contributed by atoms with Crippen LogP contribution in [0, 0.1) is 5.92 Å². The van der Waals surface area contributed by atoms with Gasteiger partial charge in [-0.1, -0.05) is 48.5 Å². The van der Waals surface area contributed by atoms with Gasteiger partial charge in [0.1, 0.15) is 0 Å². The van der Waals surface area contributed by atoms with E-state index in [1.165, 1.54) is 6.07 Å². The highest BCUT2D eigenvalue weighted by atomic mass is 16.4. The summed E-state index contributed by atoms with van der Waals surface area (Å²) in [5.41, 5.74) is 2.74. The van der Waals surface area contributed by atoms with Crippen LogP contribution in [-0.4, -0.2) is 64.7 Å². The first-order chi connectivity index (χ1) is 18.9. The number of rotatable bonds is 5.